The van der Waals surface area contributed by atoms with E-state index in [0.29, 0.717) is 28.3 Å². The van der Waals surface area contributed by atoms with Crippen molar-refractivity contribution in [2.75, 3.05) is 19.1 Å². The maximum atomic E-state index is 13.2. The molecule has 1 heterocycles. The Morgan fingerprint density at radius 2 is 1.53 bits per heavy atom. The second kappa shape index (κ2) is 8.59. The van der Waals surface area contributed by atoms with Crippen molar-refractivity contribution in [1.29, 1.82) is 0 Å². The highest BCUT2D eigenvalue weighted by Crippen LogP contribution is 2.44. The number of rotatable bonds is 5. The molecule has 0 aromatic heterocycles. The Labute approximate surface area is 186 Å². The molecule has 4 rings (SSSR count). The number of carbonyl (C=O) groups is 2. The number of nitrogens with zero attached hydrogens (tertiary/aromatic N) is 1. The minimum Gasteiger partial charge on any atom is -0.507 e. The second-order valence-electron chi connectivity index (χ2n) is 7.44. The smallest absolute Gasteiger partial charge is 0.300 e. The molecule has 6 nitrogen and oxygen atoms in total. The molecule has 162 valence electrons. The molecule has 0 aliphatic carbocycles. The van der Waals surface area contributed by atoms with Crippen molar-refractivity contribution in [1.82, 2.24) is 0 Å². The average Bonchev–Trinajstić information content (AvgIpc) is 3.09. The lowest BCUT2D eigenvalue weighted by molar-refractivity contribution is -0.132. The van der Waals surface area contributed by atoms with E-state index in [0.717, 1.165) is 5.56 Å². The SMILES string of the molecule is COc1ccc(C2/C(=C(/O)c3ccccc3)C(=O)C(=O)N2c2ccccc2C)cc1OC. The normalized spacial score (nSPS) is 17.5. The van der Waals surface area contributed by atoms with Gasteiger partial charge in [-0.2, -0.15) is 0 Å². The molecular weight excluding hydrogens is 406 g/mol. The highest BCUT2D eigenvalue weighted by Gasteiger charge is 2.47. The molecule has 1 unspecified atom stereocenters. The maximum Gasteiger partial charge on any atom is 0.300 e. The van der Waals surface area contributed by atoms with Crippen LogP contribution >= 0.6 is 0 Å². The minimum atomic E-state index is -0.837. The molecule has 6 heteroatoms. The Hall–Kier alpha value is -4.06. The minimum absolute atomic E-state index is 0.0247. The molecule has 0 saturated carbocycles. The first-order chi connectivity index (χ1) is 15.5. The van der Waals surface area contributed by atoms with Crippen molar-refractivity contribution >= 4 is 23.1 Å². The summed E-state index contributed by atoms with van der Waals surface area (Å²) in [5.41, 5.74) is 2.53. The van der Waals surface area contributed by atoms with E-state index < -0.39 is 17.7 Å². The van der Waals surface area contributed by atoms with Crippen molar-refractivity contribution in [3.05, 3.63) is 95.1 Å². The fraction of sp³-hybridized carbons (Fsp3) is 0.154. The third kappa shape index (κ3) is 3.50. The molecule has 3 aromatic rings. The molecule has 1 atom stereocenters. The number of aliphatic hydroxyl groups excluding tert-OH is 1. The van der Waals surface area contributed by atoms with Gasteiger partial charge in [0.15, 0.2) is 11.5 Å². The number of methoxy groups -OCH3 is 2. The quantitative estimate of drug-likeness (QED) is 0.363. The van der Waals surface area contributed by atoms with Crippen LogP contribution in [0.5, 0.6) is 11.5 Å². The summed E-state index contributed by atoms with van der Waals surface area (Å²) in [7, 11) is 3.05. The highest BCUT2D eigenvalue weighted by molar-refractivity contribution is 6.51. The molecule has 1 saturated heterocycles. The number of hydrogen-bond acceptors (Lipinski definition) is 5. The number of para-hydroxylation sites is 1. The van der Waals surface area contributed by atoms with Crippen LogP contribution in [0.2, 0.25) is 0 Å². The van der Waals surface area contributed by atoms with Gasteiger partial charge in [-0.05, 0) is 36.2 Å². The number of amides is 1. The third-order valence-electron chi connectivity index (χ3n) is 5.59. The lowest BCUT2D eigenvalue weighted by atomic mass is 9.94. The number of Topliss-reactive ketones (excluding diaryl/α,β-unsaturated/α-hetero) is 1. The number of aryl methyl sites for hydroxylation is 1. The molecule has 32 heavy (non-hydrogen) atoms. The summed E-state index contributed by atoms with van der Waals surface area (Å²) in [6.07, 6.45) is 0. The van der Waals surface area contributed by atoms with Crippen LogP contribution < -0.4 is 14.4 Å². The van der Waals surface area contributed by atoms with Gasteiger partial charge < -0.3 is 14.6 Å². The summed E-state index contributed by atoms with van der Waals surface area (Å²) in [6.45, 7) is 1.87. The molecule has 1 N–H and O–H groups in total. The number of aliphatic hydroxyl groups is 1. The van der Waals surface area contributed by atoms with E-state index in [4.69, 9.17) is 9.47 Å². The van der Waals surface area contributed by atoms with Crippen molar-refractivity contribution in [3.8, 4) is 11.5 Å². The largest absolute Gasteiger partial charge is 0.507 e. The highest BCUT2D eigenvalue weighted by atomic mass is 16.5. The van der Waals surface area contributed by atoms with Crippen LogP contribution in [-0.4, -0.2) is 31.0 Å². The lowest BCUT2D eigenvalue weighted by Gasteiger charge is -2.27. The summed E-state index contributed by atoms with van der Waals surface area (Å²) < 4.78 is 10.8. The van der Waals surface area contributed by atoms with Gasteiger partial charge in [0.05, 0.1) is 25.8 Å². The first-order valence-corrected chi connectivity index (χ1v) is 10.1. The summed E-state index contributed by atoms with van der Waals surface area (Å²) in [6, 6.07) is 20.4. The number of anilines is 1. The lowest BCUT2D eigenvalue weighted by Crippen LogP contribution is -2.30. The molecule has 1 aliphatic heterocycles. The number of carbonyl (C=O) groups excluding carboxylic acids is 2. The van der Waals surface area contributed by atoms with Crippen LogP contribution in [0, 0.1) is 6.92 Å². The summed E-state index contributed by atoms with van der Waals surface area (Å²) in [5.74, 6) is -0.682. The average molecular weight is 429 g/mol. The van der Waals surface area contributed by atoms with Gasteiger partial charge in [0, 0.05) is 11.3 Å². The molecule has 1 aliphatic rings. The van der Waals surface area contributed by atoms with Crippen LogP contribution in [0.3, 0.4) is 0 Å². The van der Waals surface area contributed by atoms with E-state index in [2.05, 4.69) is 0 Å². The zero-order valence-electron chi connectivity index (χ0n) is 18.0. The van der Waals surface area contributed by atoms with E-state index in [-0.39, 0.29) is 11.3 Å². The van der Waals surface area contributed by atoms with Gasteiger partial charge in [0.1, 0.15) is 5.76 Å². The van der Waals surface area contributed by atoms with Crippen LogP contribution in [0.15, 0.2) is 78.4 Å². The topological polar surface area (TPSA) is 76.1 Å². The fourth-order valence-electron chi connectivity index (χ4n) is 4.00. The summed E-state index contributed by atoms with van der Waals surface area (Å²) in [5, 5.41) is 11.1. The molecule has 1 amide bonds. The standard InChI is InChI=1S/C26H23NO5/c1-16-9-7-8-12-19(16)27-23(18-13-14-20(31-2)21(15-18)32-3)22(25(29)26(27)30)24(28)17-10-5-4-6-11-17/h4-15,23,28H,1-3H3/b24-22-. The van der Waals surface area contributed by atoms with Crippen molar-refractivity contribution in [2.45, 2.75) is 13.0 Å². The zero-order valence-corrected chi connectivity index (χ0v) is 18.0. The van der Waals surface area contributed by atoms with Gasteiger partial charge in [-0.1, -0.05) is 54.6 Å². The molecule has 0 spiro atoms. The predicted octanol–water partition coefficient (Wildman–Crippen LogP) is 4.64. The first-order valence-electron chi connectivity index (χ1n) is 10.1. The Bertz CT molecular complexity index is 1220. The fourth-order valence-corrected chi connectivity index (χ4v) is 4.00. The second-order valence-corrected chi connectivity index (χ2v) is 7.44. The third-order valence-corrected chi connectivity index (χ3v) is 5.59. The number of benzene rings is 3. The summed E-state index contributed by atoms with van der Waals surface area (Å²) in [4.78, 5) is 27.9. The molecular formula is C26H23NO5. The molecule has 0 radical (unpaired) electrons. The van der Waals surface area contributed by atoms with Crippen molar-refractivity contribution in [3.63, 3.8) is 0 Å². The van der Waals surface area contributed by atoms with E-state index in [1.807, 2.05) is 31.2 Å². The Balaban J connectivity index is 1.99. The Morgan fingerprint density at radius 3 is 2.19 bits per heavy atom. The van der Waals surface area contributed by atoms with Crippen molar-refractivity contribution in [2.24, 2.45) is 0 Å². The Morgan fingerprint density at radius 1 is 0.875 bits per heavy atom. The summed E-state index contributed by atoms with van der Waals surface area (Å²) >= 11 is 0. The van der Waals surface area contributed by atoms with Gasteiger partial charge in [-0.25, -0.2) is 0 Å². The molecule has 3 aromatic carbocycles. The van der Waals surface area contributed by atoms with Crippen LogP contribution in [0.4, 0.5) is 5.69 Å². The number of ether oxygens (including phenoxy) is 2. The Kier molecular flexibility index (Phi) is 5.69. The maximum absolute atomic E-state index is 13.2. The van der Waals surface area contributed by atoms with Gasteiger partial charge in [-0.3, -0.25) is 14.5 Å². The number of hydrogen-bond donors (Lipinski definition) is 1. The van der Waals surface area contributed by atoms with Gasteiger partial charge in [0.2, 0.25) is 0 Å². The molecule has 0 bridgehead atoms. The first kappa shape index (κ1) is 21.2. The number of ketones is 1. The van der Waals surface area contributed by atoms with Gasteiger partial charge in [0.25, 0.3) is 11.7 Å². The van der Waals surface area contributed by atoms with Crippen LogP contribution in [-0.2, 0) is 9.59 Å². The van der Waals surface area contributed by atoms with E-state index in [1.165, 1.54) is 19.1 Å². The van der Waals surface area contributed by atoms with Crippen molar-refractivity contribution < 1.29 is 24.2 Å². The predicted molar refractivity (Wildman–Crippen MR) is 122 cm³/mol. The van der Waals surface area contributed by atoms with Gasteiger partial charge >= 0.3 is 0 Å². The zero-order chi connectivity index (χ0) is 22.8. The van der Waals surface area contributed by atoms with E-state index in [1.54, 1.807) is 48.5 Å². The molecule has 1 fully saturated rings. The van der Waals surface area contributed by atoms with Crippen LogP contribution in [0.1, 0.15) is 22.7 Å². The van der Waals surface area contributed by atoms with Crippen LogP contribution in [0.25, 0.3) is 5.76 Å². The van der Waals surface area contributed by atoms with E-state index in [9.17, 15) is 14.7 Å². The monoisotopic (exact) mass is 429 g/mol. The van der Waals surface area contributed by atoms with Gasteiger partial charge in [-0.15, -0.1) is 0 Å². The van der Waals surface area contributed by atoms with E-state index >= 15 is 0 Å².